The van der Waals surface area contributed by atoms with Gasteiger partial charge >= 0.3 is 5.97 Å². The average Bonchev–Trinajstić information content (AvgIpc) is 2.86. The van der Waals surface area contributed by atoms with E-state index >= 15 is 0 Å². The number of thioether (sulfide) groups is 1. The first kappa shape index (κ1) is 24.9. The molecule has 1 unspecified atom stereocenters. The third kappa shape index (κ3) is 5.36. The van der Waals surface area contributed by atoms with Crippen LogP contribution in [0.5, 0.6) is 0 Å². The number of carboxylic acid groups (broad SMARTS) is 1. The van der Waals surface area contributed by atoms with Crippen LogP contribution >= 0.6 is 11.8 Å². The zero-order valence-electron chi connectivity index (χ0n) is 19.2. The Morgan fingerprint density at radius 3 is 2.22 bits per heavy atom. The van der Waals surface area contributed by atoms with Crippen LogP contribution in [0.1, 0.15) is 51.6 Å². The number of amides is 2. The molecule has 1 aliphatic rings. The molecule has 1 aliphatic carbocycles. The van der Waals surface area contributed by atoms with Crippen LogP contribution in [0.2, 0.25) is 0 Å². The van der Waals surface area contributed by atoms with Crippen LogP contribution in [-0.4, -0.2) is 39.7 Å². The van der Waals surface area contributed by atoms with Crippen molar-refractivity contribution in [2.24, 2.45) is 0 Å². The summed E-state index contributed by atoms with van der Waals surface area (Å²) in [5, 5.41) is 13.6. The smallest absolute Gasteiger partial charge is 0.303 e. The van der Waals surface area contributed by atoms with Crippen LogP contribution in [-0.2, 0) is 14.4 Å². The number of ketones is 2. The molecule has 36 heavy (non-hydrogen) atoms. The Labute approximate surface area is 211 Å². The first-order valence-electron chi connectivity index (χ1n) is 11.1. The van der Waals surface area contributed by atoms with Gasteiger partial charge in [0.1, 0.15) is 0 Å². The van der Waals surface area contributed by atoms with Gasteiger partial charge in [0, 0.05) is 33.7 Å². The Bertz CT molecular complexity index is 1400. The third-order valence-electron chi connectivity index (χ3n) is 5.58. The van der Waals surface area contributed by atoms with E-state index in [-0.39, 0.29) is 47.1 Å². The van der Waals surface area contributed by atoms with Crippen molar-refractivity contribution in [3.05, 3.63) is 89.0 Å². The molecule has 0 heterocycles. The quantitative estimate of drug-likeness (QED) is 0.305. The monoisotopic (exact) mass is 502 g/mol. The molecule has 2 amide bonds. The molecular formula is C27H22N2O6S. The molecule has 182 valence electrons. The molecule has 0 aromatic heterocycles. The first-order chi connectivity index (χ1) is 17.2. The summed E-state index contributed by atoms with van der Waals surface area (Å²) in [6.07, 6.45) is -0.404. The van der Waals surface area contributed by atoms with Crippen LogP contribution in [0.25, 0.3) is 0 Å². The molecule has 0 saturated carbocycles. The summed E-state index contributed by atoms with van der Waals surface area (Å²) in [5.41, 5.74) is 1.85. The van der Waals surface area contributed by atoms with Gasteiger partial charge in [-0.05, 0) is 31.2 Å². The van der Waals surface area contributed by atoms with E-state index < -0.39 is 17.1 Å². The number of fused-ring (bicyclic) bond motifs is 2. The van der Waals surface area contributed by atoms with E-state index in [1.165, 1.54) is 11.8 Å². The molecular weight excluding hydrogens is 480 g/mol. The Kier molecular flexibility index (Phi) is 7.30. The van der Waals surface area contributed by atoms with Crippen molar-refractivity contribution >= 4 is 52.5 Å². The normalized spacial score (nSPS) is 12.8. The molecule has 8 nitrogen and oxygen atoms in total. The van der Waals surface area contributed by atoms with Crippen molar-refractivity contribution in [3.63, 3.8) is 0 Å². The van der Waals surface area contributed by atoms with E-state index in [4.69, 9.17) is 5.11 Å². The maximum Gasteiger partial charge on any atom is 0.303 e. The molecule has 9 heteroatoms. The summed E-state index contributed by atoms with van der Waals surface area (Å²) < 4.78 is 0. The second-order valence-electron chi connectivity index (χ2n) is 8.15. The zero-order chi connectivity index (χ0) is 25.8. The molecule has 0 bridgehead atoms. The van der Waals surface area contributed by atoms with Gasteiger partial charge < -0.3 is 15.7 Å². The van der Waals surface area contributed by atoms with Crippen LogP contribution in [0.4, 0.5) is 11.4 Å². The van der Waals surface area contributed by atoms with Gasteiger partial charge in [0.2, 0.25) is 11.8 Å². The van der Waals surface area contributed by atoms with Gasteiger partial charge in [-0.25, -0.2) is 0 Å². The minimum atomic E-state index is -1.05. The summed E-state index contributed by atoms with van der Waals surface area (Å²) in [6, 6.07) is 18.3. The lowest BCUT2D eigenvalue weighted by Crippen LogP contribution is -2.27. The van der Waals surface area contributed by atoms with Crippen LogP contribution in [0.15, 0.2) is 71.6 Å². The molecule has 0 radical (unpaired) electrons. The highest BCUT2D eigenvalue weighted by atomic mass is 32.2. The van der Waals surface area contributed by atoms with Crippen molar-refractivity contribution in [2.75, 3.05) is 10.6 Å². The number of benzene rings is 3. The highest BCUT2D eigenvalue weighted by molar-refractivity contribution is 8.00. The highest BCUT2D eigenvalue weighted by Gasteiger charge is 2.32. The number of aliphatic carboxylic acids is 1. The second-order valence-corrected chi connectivity index (χ2v) is 9.57. The van der Waals surface area contributed by atoms with Gasteiger partial charge in [-0.2, -0.15) is 0 Å². The third-order valence-corrected chi connectivity index (χ3v) is 6.67. The van der Waals surface area contributed by atoms with Gasteiger partial charge in [-0.1, -0.05) is 42.5 Å². The number of rotatable bonds is 8. The summed E-state index contributed by atoms with van der Waals surface area (Å²) in [7, 11) is 0. The predicted molar refractivity (Wildman–Crippen MR) is 136 cm³/mol. The molecule has 0 aliphatic heterocycles. The number of hydrogen-bond acceptors (Lipinski definition) is 6. The number of hydrogen-bond donors (Lipinski definition) is 3. The van der Waals surface area contributed by atoms with Crippen LogP contribution in [0.3, 0.4) is 0 Å². The fourth-order valence-electron chi connectivity index (χ4n) is 3.83. The Balaban J connectivity index is 1.46. The van der Waals surface area contributed by atoms with Gasteiger partial charge in [-0.15, -0.1) is 11.8 Å². The molecule has 0 saturated heterocycles. The molecule has 4 rings (SSSR count). The molecule has 3 aromatic rings. The lowest BCUT2D eigenvalue weighted by atomic mass is 9.83. The van der Waals surface area contributed by atoms with Gasteiger partial charge in [0.25, 0.3) is 0 Å². The van der Waals surface area contributed by atoms with Gasteiger partial charge in [0.15, 0.2) is 11.6 Å². The standard InChI is InChI=1S/C27H22N2O6S/c1-15(36-17-7-4-6-16(14-17)28-22(30)12-13-23(31)32)27(35)29-21-11-5-10-20-24(21)26(34)19-9-3-2-8-18(19)25(20)33/h2-11,14-15H,12-13H2,1H3,(H,28,30)(H,29,35)(H,31,32). The van der Waals surface area contributed by atoms with E-state index in [1.54, 1.807) is 73.7 Å². The summed E-state index contributed by atoms with van der Waals surface area (Å²) in [5.74, 6) is -2.41. The molecule has 0 spiro atoms. The SMILES string of the molecule is CC(Sc1cccc(NC(=O)CCC(=O)O)c1)C(=O)Nc1cccc2c1C(=O)c1ccccc1C2=O. The van der Waals surface area contributed by atoms with Crippen LogP contribution in [0, 0.1) is 0 Å². The fourth-order valence-corrected chi connectivity index (χ4v) is 4.76. The lowest BCUT2D eigenvalue weighted by Gasteiger charge is -2.21. The molecule has 1 atom stereocenters. The fraction of sp³-hybridized carbons (Fsp3) is 0.148. The Morgan fingerprint density at radius 1 is 0.833 bits per heavy atom. The van der Waals surface area contributed by atoms with E-state index in [2.05, 4.69) is 10.6 Å². The second kappa shape index (κ2) is 10.6. The number of carbonyl (C=O) groups excluding carboxylic acids is 4. The van der Waals surface area contributed by atoms with Gasteiger partial charge in [-0.3, -0.25) is 24.0 Å². The lowest BCUT2D eigenvalue weighted by molar-refractivity contribution is -0.138. The van der Waals surface area contributed by atoms with Crippen LogP contribution < -0.4 is 10.6 Å². The van der Waals surface area contributed by atoms with Crippen molar-refractivity contribution in [3.8, 4) is 0 Å². The van der Waals surface area contributed by atoms with Crippen molar-refractivity contribution in [1.29, 1.82) is 0 Å². The van der Waals surface area contributed by atoms with E-state index in [0.717, 1.165) is 0 Å². The maximum absolute atomic E-state index is 13.2. The average molecular weight is 503 g/mol. The summed E-state index contributed by atoms with van der Waals surface area (Å²) in [4.78, 5) is 62.3. The first-order valence-corrected chi connectivity index (χ1v) is 12.0. The molecule has 0 fully saturated rings. The number of carbonyl (C=O) groups is 5. The minimum absolute atomic E-state index is 0.140. The minimum Gasteiger partial charge on any atom is -0.481 e. The maximum atomic E-state index is 13.2. The Morgan fingerprint density at radius 2 is 1.50 bits per heavy atom. The molecule has 3 N–H and O–H groups in total. The van der Waals surface area contributed by atoms with Crippen molar-refractivity contribution in [1.82, 2.24) is 0 Å². The Hall–Kier alpha value is -4.24. The summed E-state index contributed by atoms with van der Waals surface area (Å²) in [6.45, 7) is 1.70. The van der Waals surface area contributed by atoms with E-state index in [1.807, 2.05) is 0 Å². The zero-order valence-corrected chi connectivity index (χ0v) is 20.1. The predicted octanol–water partition coefficient (Wildman–Crippen LogP) is 4.38. The largest absolute Gasteiger partial charge is 0.481 e. The van der Waals surface area contributed by atoms with E-state index in [9.17, 15) is 24.0 Å². The highest BCUT2D eigenvalue weighted by Crippen LogP contribution is 2.33. The van der Waals surface area contributed by atoms with Gasteiger partial charge in [0.05, 0.1) is 22.9 Å². The summed E-state index contributed by atoms with van der Waals surface area (Å²) >= 11 is 1.25. The number of anilines is 2. The van der Waals surface area contributed by atoms with E-state index in [0.29, 0.717) is 21.7 Å². The number of carboxylic acids is 1. The molecule has 3 aromatic carbocycles. The topological polar surface area (TPSA) is 130 Å². The van der Waals surface area contributed by atoms with Crippen molar-refractivity contribution < 1.29 is 29.1 Å². The van der Waals surface area contributed by atoms with Crippen molar-refractivity contribution in [2.45, 2.75) is 29.9 Å². The number of nitrogens with one attached hydrogen (secondary N) is 2.